The average molecular weight is 391 g/mol. The normalized spacial score (nSPS) is 10.0. The van der Waals surface area contributed by atoms with Crippen LogP contribution in [0, 0.1) is 0 Å². The van der Waals surface area contributed by atoms with Gasteiger partial charge in [-0.15, -0.1) is 12.4 Å². The van der Waals surface area contributed by atoms with Gasteiger partial charge in [0, 0.05) is 24.1 Å². The molecule has 3 N–H and O–H groups in total. The highest BCUT2D eigenvalue weighted by molar-refractivity contribution is 6.00. The van der Waals surface area contributed by atoms with E-state index in [1.165, 1.54) is 12.7 Å². The second kappa shape index (κ2) is 11.2. The molecule has 0 aromatic heterocycles. The zero-order valence-electron chi connectivity index (χ0n) is 15.8. The van der Waals surface area contributed by atoms with Crippen molar-refractivity contribution in [3.05, 3.63) is 53.6 Å². The van der Waals surface area contributed by atoms with E-state index in [4.69, 9.17) is 10.5 Å². The number of rotatable bonds is 9. The molecule has 0 unspecified atom stereocenters. The van der Waals surface area contributed by atoms with Gasteiger partial charge in [-0.05, 0) is 36.6 Å². The van der Waals surface area contributed by atoms with E-state index in [0.717, 1.165) is 19.3 Å². The maximum atomic E-state index is 12.2. The second-order valence-electron chi connectivity index (χ2n) is 6.23. The van der Waals surface area contributed by atoms with E-state index < -0.39 is 0 Å². The molecule has 0 bridgehead atoms. The number of nitrogens with one attached hydrogen (secondary N) is 1. The number of unbranched alkanes of at least 4 members (excludes halogenated alkanes) is 1. The number of anilines is 2. The molecule has 6 heteroatoms. The van der Waals surface area contributed by atoms with Gasteiger partial charge in [-0.3, -0.25) is 9.59 Å². The van der Waals surface area contributed by atoms with Gasteiger partial charge in [0.05, 0.1) is 12.8 Å². The Hall–Kier alpha value is -2.53. The number of carbonyl (C=O) groups excluding carboxylic acids is 2. The first-order valence-electron chi connectivity index (χ1n) is 8.89. The molecule has 1 amide bonds. The summed E-state index contributed by atoms with van der Waals surface area (Å²) in [5.41, 5.74) is 8.73. The summed E-state index contributed by atoms with van der Waals surface area (Å²) in [4.78, 5) is 24.3. The zero-order valence-corrected chi connectivity index (χ0v) is 16.6. The molecule has 2 aromatic carbocycles. The molecular weight excluding hydrogens is 364 g/mol. The molecule has 0 saturated heterocycles. The fourth-order valence-corrected chi connectivity index (χ4v) is 2.65. The van der Waals surface area contributed by atoms with Crippen LogP contribution in [-0.4, -0.2) is 18.8 Å². The Morgan fingerprint density at radius 2 is 1.78 bits per heavy atom. The summed E-state index contributed by atoms with van der Waals surface area (Å²) in [6.45, 7) is 2.16. The third kappa shape index (κ3) is 6.94. The van der Waals surface area contributed by atoms with Gasteiger partial charge in [0.2, 0.25) is 5.91 Å². The summed E-state index contributed by atoms with van der Waals surface area (Å²) in [7, 11) is 1.53. The maximum absolute atomic E-state index is 12.2. The first kappa shape index (κ1) is 22.5. The molecule has 0 atom stereocenters. The molecule has 2 aromatic rings. The van der Waals surface area contributed by atoms with Crippen LogP contribution < -0.4 is 15.8 Å². The number of hydrogen-bond acceptors (Lipinski definition) is 4. The van der Waals surface area contributed by atoms with Crippen molar-refractivity contribution in [1.82, 2.24) is 0 Å². The van der Waals surface area contributed by atoms with Crippen molar-refractivity contribution in [3.8, 4) is 5.75 Å². The van der Waals surface area contributed by atoms with Crippen molar-refractivity contribution >= 4 is 35.5 Å². The van der Waals surface area contributed by atoms with Crippen LogP contribution in [0.3, 0.4) is 0 Å². The van der Waals surface area contributed by atoms with Crippen molar-refractivity contribution < 1.29 is 14.3 Å². The van der Waals surface area contributed by atoms with Crippen LogP contribution in [0.15, 0.2) is 42.5 Å². The number of methoxy groups -OCH3 is 1. The van der Waals surface area contributed by atoms with Crippen LogP contribution in [0.1, 0.15) is 48.5 Å². The highest BCUT2D eigenvalue weighted by Gasteiger charge is 2.10. The van der Waals surface area contributed by atoms with Crippen LogP contribution in [0.5, 0.6) is 5.75 Å². The first-order chi connectivity index (χ1) is 12.5. The lowest BCUT2D eigenvalue weighted by Crippen LogP contribution is -2.13. The minimum Gasteiger partial charge on any atom is -0.495 e. The largest absolute Gasteiger partial charge is 0.495 e. The van der Waals surface area contributed by atoms with Crippen LogP contribution in [0.25, 0.3) is 0 Å². The SMILES string of the molecule is CCCCc1ccc(C(=O)CCC(=O)Nc2ccc(OC)c(N)c2)cc1.Cl. The lowest BCUT2D eigenvalue weighted by Gasteiger charge is -2.09. The van der Waals surface area contributed by atoms with Gasteiger partial charge >= 0.3 is 0 Å². The lowest BCUT2D eigenvalue weighted by atomic mass is 10.0. The molecule has 2 rings (SSSR count). The number of halogens is 1. The molecule has 27 heavy (non-hydrogen) atoms. The van der Waals surface area contributed by atoms with E-state index in [2.05, 4.69) is 12.2 Å². The Bertz CT molecular complexity index is 761. The number of ether oxygens (including phenoxy) is 1. The summed E-state index contributed by atoms with van der Waals surface area (Å²) in [6.07, 6.45) is 3.62. The summed E-state index contributed by atoms with van der Waals surface area (Å²) in [6, 6.07) is 12.7. The Kier molecular flexibility index (Phi) is 9.37. The molecule has 0 radical (unpaired) electrons. The third-order valence-electron chi connectivity index (χ3n) is 4.19. The van der Waals surface area contributed by atoms with Crippen molar-refractivity contribution in [2.75, 3.05) is 18.2 Å². The van der Waals surface area contributed by atoms with Crippen molar-refractivity contribution in [1.29, 1.82) is 0 Å². The molecule has 0 fully saturated rings. The van der Waals surface area contributed by atoms with Crippen molar-refractivity contribution in [2.45, 2.75) is 39.0 Å². The fraction of sp³-hybridized carbons (Fsp3) is 0.333. The summed E-state index contributed by atoms with van der Waals surface area (Å²) in [5.74, 6) is 0.305. The van der Waals surface area contributed by atoms with E-state index in [1.807, 2.05) is 24.3 Å². The maximum Gasteiger partial charge on any atom is 0.224 e. The molecule has 146 valence electrons. The minimum atomic E-state index is -0.220. The first-order valence-corrected chi connectivity index (χ1v) is 8.89. The van der Waals surface area contributed by atoms with Gasteiger partial charge < -0.3 is 15.8 Å². The Labute approximate surface area is 166 Å². The van der Waals surface area contributed by atoms with Crippen LogP contribution in [0.4, 0.5) is 11.4 Å². The number of aryl methyl sites for hydroxylation is 1. The van der Waals surface area contributed by atoms with Gasteiger partial charge in [-0.25, -0.2) is 0 Å². The van der Waals surface area contributed by atoms with Gasteiger partial charge in [0.1, 0.15) is 5.75 Å². The molecular formula is C21H27ClN2O3. The number of hydrogen-bond donors (Lipinski definition) is 2. The average Bonchev–Trinajstić information content (AvgIpc) is 2.65. The standard InChI is InChI=1S/C21H26N2O3.ClH/c1-3-4-5-15-6-8-16(9-7-15)19(24)11-13-21(25)23-17-10-12-20(26-2)18(22)14-17;/h6-10,12,14H,3-5,11,13,22H2,1-2H3,(H,23,25);1H. The van der Waals surface area contributed by atoms with Crippen LogP contribution >= 0.6 is 12.4 Å². The summed E-state index contributed by atoms with van der Waals surface area (Å²) >= 11 is 0. The number of carbonyl (C=O) groups is 2. The molecule has 5 nitrogen and oxygen atoms in total. The Morgan fingerprint density at radius 3 is 2.37 bits per heavy atom. The van der Waals surface area contributed by atoms with E-state index >= 15 is 0 Å². The minimum absolute atomic E-state index is 0. The number of amides is 1. The quantitative estimate of drug-likeness (QED) is 0.482. The molecule has 0 spiro atoms. The van der Waals surface area contributed by atoms with Gasteiger partial charge in [0.15, 0.2) is 5.78 Å². The van der Waals surface area contributed by atoms with Gasteiger partial charge in [-0.1, -0.05) is 37.6 Å². The van der Waals surface area contributed by atoms with E-state index in [1.54, 1.807) is 18.2 Å². The van der Waals surface area contributed by atoms with E-state index in [0.29, 0.717) is 22.7 Å². The van der Waals surface area contributed by atoms with E-state index in [9.17, 15) is 9.59 Å². The molecule has 0 heterocycles. The molecule has 0 aliphatic heterocycles. The number of benzene rings is 2. The Morgan fingerprint density at radius 1 is 1.07 bits per heavy atom. The predicted octanol–water partition coefficient (Wildman–Crippen LogP) is 4.64. The smallest absolute Gasteiger partial charge is 0.224 e. The van der Waals surface area contributed by atoms with Crippen molar-refractivity contribution in [2.24, 2.45) is 0 Å². The number of Topliss-reactive ketones (excluding diaryl/α,β-unsaturated/α-hetero) is 1. The summed E-state index contributed by atoms with van der Waals surface area (Å²) in [5, 5.41) is 2.75. The lowest BCUT2D eigenvalue weighted by molar-refractivity contribution is -0.116. The van der Waals surface area contributed by atoms with Crippen molar-refractivity contribution in [3.63, 3.8) is 0 Å². The zero-order chi connectivity index (χ0) is 18.9. The Balaban J connectivity index is 0.00000364. The number of nitrogen functional groups attached to an aromatic ring is 1. The monoisotopic (exact) mass is 390 g/mol. The summed E-state index contributed by atoms with van der Waals surface area (Å²) < 4.78 is 5.08. The number of nitrogens with two attached hydrogens (primary N) is 1. The predicted molar refractivity (Wildman–Crippen MR) is 112 cm³/mol. The molecule has 0 saturated carbocycles. The highest BCUT2D eigenvalue weighted by Crippen LogP contribution is 2.24. The number of ketones is 1. The van der Waals surface area contributed by atoms with Gasteiger partial charge in [-0.2, -0.15) is 0 Å². The van der Waals surface area contributed by atoms with E-state index in [-0.39, 0.29) is 36.9 Å². The van der Waals surface area contributed by atoms with Crippen LogP contribution in [-0.2, 0) is 11.2 Å². The highest BCUT2D eigenvalue weighted by atomic mass is 35.5. The van der Waals surface area contributed by atoms with Gasteiger partial charge in [0.25, 0.3) is 0 Å². The second-order valence-corrected chi connectivity index (χ2v) is 6.23. The van der Waals surface area contributed by atoms with Crippen LogP contribution in [0.2, 0.25) is 0 Å². The molecule has 0 aliphatic rings. The fourth-order valence-electron chi connectivity index (χ4n) is 2.65. The topological polar surface area (TPSA) is 81.4 Å². The third-order valence-corrected chi connectivity index (χ3v) is 4.19. The molecule has 0 aliphatic carbocycles.